The average molecular weight is 1030 g/mol. The lowest BCUT2D eigenvalue weighted by atomic mass is 10.1. The molecule has 0 bridgehead atoms. The predicted octanol–water partition coefficient (Wildman–Crippen LogP) is 15.1. The van der Waals surface area contributed by atoms with Gasteiger partial charge in [0.15, 0.2) is 17.5 Å². The minimum absolute atomic E-state index is 0.532. The first-order valence-electron chi connectivity index (χ1n) is 24.9. The van der Waals surface area contributed by atoms with Crippen molar-refractivity contribution in [3.63, 3.8) is 0 Å². The van der Waals surface area contributed by atoms with Crippen LogP contribution < -0.4 is 0 Å². The third kappa shape index (κ3) is 6.08. The minimum atomic E-state index is 0.532. The van der Waals surface area contributed by atoms with Gasteiger partial charge < -0.3 is 13.7 Å². The van der Waals surface area contributed by atoms with E-state index in [9.17, 15) is 0 Å². The summed E-state index contributed by atoms with van der Waals surface area (Å²) in [5.41, 5.74) is 14.3. The van der Waals surface area contributed by atoms with Crippen molar-refractivity contribution in [3.05, 3.63) is 179 Å². The fraction of sp³-hybridized carbons (Fsp3) is 0.100. The first-order valence-corrected chi connectivity index (χ1v) is 27.3. The maximum Gasteiger partial charge on any atom is 0.247 e. The molecule has 0 saturated carbocycles. The number of rotatable bonds is 6. The van der Waals surface area contributed by atoms with Gasteiger partial charge in [0.05, 0.1) is 47.7 Å². The van der Waals surface area contributed by atoms with Crippen LogP contribution in [0.5, 0.6) is 0 Å². The molecule has 360 valence electrons. The van der Waals surface area contributed by atoms with Crippen LogP contribution in [0.1, 0.15) is 33.4 Å². The molecule has 10 aromatic heterocycles. The van der Waals surface area contributed by atoms with Gasteiger partial charge in [-0.15, -0.1) is 64.6 Å². The van der Waals surface area contributed by atoms with Crippen molar-refractivity contribution in [3.8, 4) is 47.1 Å². The quantitative estimate of drug-likeness (QED) is 0.164. The number of hydrogen-bond acceptors (Lipinski definition) is 9. The van der Waals surface area contributed by atoms with Gasteiger partial charge in [-0.3, -0.25) is 0 Å². The molecule has 6 aromatic carbocycles. The maximum absolute atomic E-state index is 5.00. The lowest BCUT2D eigenvalue weighted by molar-refractivity contribution is 0.984. The molecule has 12 nitrogen and oxygen atoms in total. The highest BCUT2D eigenvalue weighted by molar-refractivity contribution is 7.18. The van der Waals surface area contributed by atoms with Gasteiger partial charge >= 0.3 is 0 Å². The lowest BCUT2D eigenvalue weighted by Gasteiger charge is -2.07. The van der Waals surface area contributed by atoms with Gasteiger partial charge in [-0.1, -0.05) is 69.8 Å². The second-order valence-corrected chi connectivity index (χ2v) is 23.2. The summed E-state index contributed by atoms with van der Waals surface area (Å²) in [4.78, 5) is 2.79. The van der Waals surface area contributed by atoms with Gasteiger partial charge in [0.1, 0.15) is 15.0 Å². The average Bonchev–Trinajstić information content (AvgIpc) is 4.35. The summed E-state index contributed by atoms with van der Waals surface area (Å²) in [5, 5.41) is 40.5. The maximum atomic E-state index is 5.00. The number of aryl methyl sites for hydroxylation is 6. The Labute approximate surface area is 439 Å². The van der Waals surface area contributed by atoms with Crippen molar-refractivity contribution in [2.75, 3.05) is 0 Å². The zero-order chi connectivity index (χ0) is 50.1. The highest BCUT2D eigenvalue weighted by Gasteiger charge is 2.28. The van der Waals surface area contributed by atoms with Crippen LogP contribution in [0.3, 0.4) is 0 Å². The molecule has 0 N–H and O–H groups in total. The second kappa shape index (κ2) is 15.4. The summed E-state index contributed by atoms with van der Waals surface area (Å²) in [5.74, 6) is 3.53. The van der Waals surface area contributed by atoms with Gasteiger partial charge in [0.2, 0.25) is 17.3 Å². The van der Waals surface area contributed by atoms with Crippen molar-refractivity contribution in [1.82, 2.24) is 57.5 Å². The standard InChI is InChI=1S/C60H42N12S3/c1-31-7-13-43-37(25-31)38-26-32(2)8-14-44(38)67(43)52-22-19-49(73-52)55-61-64-58-70(55)59-65-62-56(50-20-23-53(74-50)68-45-15-9-33(3)27-39(45)40-28-34(4)10-16-46(40)68)72(59)60-66-63-57(71(58)60)51-21-24-54(75-51)69-47-17-11-35(5)29-41(47)42-30-36(6)12-18-48(42)69/h7-30H,1-6H3. The van der Waals surface area contributed by atoms with E-state index < -0.39 is 0 Å². The molecule has 0 unspecified atom stereocenters. The first kappa shape index (κ1) is 42.7. The molecule has 75 heavy (non-hydrogen) atoms. The van der Waals surface area contributed by atoms with Crippen LogP contribution in [0.15, 0.2) is 146 Å². The highest BCUT2D eigenvalue weighted by Crippen LogP contribution is 2.43. The summed E-state index contributed by atoms with van der Waals surface area (Å²) in [6.45, 7) is 12.9. The SMILES string of the molecule is Cc1ccc2c(c1)c1cc(C)ccc1n2-c1ccc(-c2nnc3n2c2nnc(-c4ccc(-n5c6ccc(C)cc6c6cc(C)ccc65)s4)n2c2nnc(-c4ccc(-n5c6ccc(C)cc6c6cc(C)ccc65)s4)n32)s1. The van der Waals surface area contributed by atoms with Gasteiger partial charge in [0, 0.05) is 32.3 Å². The fourth-order valence-corrected chi connectivity index (χ4v) is 14.5. The molecule has 15 heteroatoms. The van der Waals surface area contributed by atoms with E-state index in [1.165, 1.54) is 65.7 Å². The van der Waals surface area contributed by atoms with Crippen LogP contribution in [0.4, 0.5) is 0 Å². The number of nitrogens with zero attached hydrogens (tertiary/aromatic N) is 12. The lowest BCUT2D eigenvalue weighted by Crippen LogP contribution is -2.06. The molecule has 0 atom stereocenters. The molecule has 16 aromatic rings. The Morgan fingerprint density at radius 3 is 0.720 bits per heavy atom. The molecule has 0 fully saturated rings. The van der Waals surface area contributed by atoms with Crippen LogP contribution in [0.2, 0.25) is 0 Å². The van der Waals surface area contributed by atoms with Crippen molar-refractivity contribution in [2.24, 2.45) is 0 Å². The van der Waals surface area contributed by atoms with Crippen molar-refractivity contribution in [1.29, 1.82) is 0 Å². The Bertz CT molecular complexity index is 4400. The minimum Gasteiger partial charge on any atom is -0.301 e. The molecular weight excluding hydrogens is 985 g/mol. The molecule has 0 aliphatic rings. The van der Waals surface area contributed by atoms with Crippen LogP contribution in [-0.2, 0) is 0 Å². The van der Waals surface area contributed by atoms with Crippen molar-refractivity contribution in [2.45, 2.75) is 41.5 Å². The Morgan fingerprint density at radius 1 is 0.267 bits per heavy atom. The molecule has 0 aliphatic heterocycles. The molecule has 10 heterocycles. The number of fused-ring (bicyclic) bond motifs is 15. The van der Waals surface area contributed by atoms with Gasteiger partial charge in [-0.2, -0.15) is 0 Å². The van der Waals surface area contributed by atoms with E-state index in [-0.39, 0.29) is 0 Å². The monoisotopic (exact) mass is 1030 g/mol. The second-order valence-electron chi connectivity index (χ2n) is 20.0. The fourth-order valence-electron chi connectivity index (χ4n) is 11.5. The van der Waals surface area contributed by atoms with Gasteiger partial charge in [-0.05, 0) is 151 Å². The van der Waals surface area contributed by atoms with Crippen LogP contribution >= 0.6 is 34.0 Å². The van der Waals surface area contributed by atoms with Crippen molar-refractivity contribution >= 4 is 117 Å². The number of thiophene rings is 3. The number of benzene rings is 6. The smallest absolute Gasteiger partial charge is 0.247 e. The molecule has 0 radical (unpaired) electrons. The third-order valence-electron chi connectivity index (χ3n) is 14.9. The zero-order valence-corrected chi connectivity index (χ0v) is 43.9. The van der Waals surface area contributed by atoms with Gasteiger partial charge in [-0.25, -0.2) is 13.2 Å². The van der Waals surface area contributed by atoms with E-state index >= 15 is 0 Å². The Morgan fingerprint density at radius 2 is 0.493 bits per heavy atom. The summed E-state index contributed by atoms with van der Waals surface area (Å²) in [7, 11) is 0. The molecular formula is C60H42N12S3. The van der Waals surface area contributed by atoms with E-state index in [0.717, 1.165) is 62.7 Å². The summed E-state index contributed by atoms with van der Waals surface area (Å²) in [6, 6.07) is 53.2. The predicted molar refractivity (Wildman–Crippen MR) is 307 cm³/mol. The Balaban J connectivity index is 0.914. The molecule has 0 spiro atoms. The molecule has 0 aliphatic carbocycles. The summed E-state index contributed by atoms with van der Waals surface area (Å²) < 4.78 is 13.1. The summed E-state index contributed by atoms with van der Waals surface area (Å²) >= 11 is 5.01. The van der Waals surface area contributed by atoms with E-state index in [1.807, 2.05) is 13.2 Å². The number of hydrogen-bond donors (Lipinski definition) is 0. The Kier molecular flexibility index (Phi) is 8.77. The van der Waals surface area contributed by atoms with E-state index in [0.29, 0.717) is 34.8 Å². The highest BCUT2D eigenvalue weighted by atomic mass is 32.1. The van der Waals surface area contributed by atoms with Crippen molar-refractivity contribution < 1.29 is 0 Å². The van der Waals surface area contributed by atoms with E-state index in [1.54, 1.807) is 34.0 Å². The number of aromatic nitrogens is 12. The topological polar surface area (TPSA) is 105 Å². The van der Waals surface area contributed by atoms with E-state index in [4.69, 9.17) is 30.6 Å². The molecule has 0 amide bonds. The van der Waals surface area contributed by atoms with Crippen LogP contribution in [0, 0.1) is 41.5 Å². The van der Waals surface area contributed by atoms with Crippen LogP contribution in [0.25, 0.3) is 130 Å². The van der Waals surface area contributed by atoms with Crippen LogP contribution in [-0.4, -0.2) is 57.5 Å². The Hall–Kier alpha value is -8.76. The molecule has 16 rings (SSSR count). The first-order chi connectivity index (χ1) is 36.6. The summed E-state index contributed by atoms with van der Waals surface area (Å²) in [6.07, 6.45) is 0. The molecule has 0 saturated heterocycles. The normalized spacial score (nSPS) is 12.4. The largest absolute Gasteiger partial charge is 0.301 e. The van der Waals surface area contributed by atoms with Gasteiger partial charge in [0.25, 0.3) is 0 Å². The zero-order valence-electron chi connectivity index (χ0n) is 41.4. The van der Waals surface area contributed by atoms with E-state index in [2.05, 4.69) is 201 Å². The third-order valence-corrected chi connectivity index (χ3v) is 18.1.